The van der Waals surface area contributed by atoms with Crippen LogP contribution in [0.2, 0.25) is 0 Å². The van der Waals surface area contributed by atoms with E-state index in [0.29, 0.717) is 13.1 Å². The molecule has 0 aromatic carbocycles. The second-order valence-corrected chi connectivity index (χ2v) is 6.16. The van der Waals surface area contributed by atoms with Crippen molar-refractivity contribution in [3.8, 4) is 0 Å². The van der Waals surface area contributed by atoms with Gasteiger partial charge in [0, 0.05) is 13.1 Å². The summed E-state index contributed by atoms with van der Waals surface area (Å²) in [6.45, 7) is 0.824. The Kier molecular flexibility index (Phi) is 4.28. The molecule has 0 bridgehead atoms. The third-order valence-corrected chi connectivity index (χ3v) is 4.80. The molecule has 0 heterocycles. The highest BCUT2D eigenvalue weighted by atomic mass is 16.3. The van der Waals surface area contributed by atoms with Crippen molar-refractivity contribution >= 4 is 5.91 Å². The minimum atomic E-state index is -0.643. The summed E-state index contributed by atoms with van der Waals surface area (Å²) >= 11 is 0. The summed E-state index contributed by atoms with van der Waals surface area (Å²) in [5.74, 6) is 0.0622. The van der Waals surface area contributed by atoms with Gasteiger partial charge in [-0.25, -0.2) is 0 Å². The number of amides is 1. The molecule has 4 nitrogen and oxygen atoms in total. The molecule has 0 radical (unpaired) electrons. The topological polar surface area (TPSA) is 75.4 Å². The maximum absolute atomic E-state index is 12.4. The predicted octanol–water partition coefficient (Wildman–Crippen LogP) is 1.32. The molecule has 0 aromatic heterocycles. The first-order chi connectivity index (χ1) is 8.60. The van der Waals surface area contributed by atoms with Crippen molar-refractivity contribution in [1.82, 2.24) is 5.32 Å². The van der Waals surface area contributed by atoms with Crippen molar-refractivity contribution in [2.24, 2.45) is 11.1 Å². The first kappa shape index (κ1) is 13.8. The fraction of sp³-hybridized carbons (Fsp3) is 0.929. The van der Waals surface area contributed by atoms with Gasteiger partial charge in [0.05, 0.1) is 11.0 Å². The summed E-state index contributed by atoms with van der Waals surface area (Å²) < 4.78 is 0. The SMILES string of the molecule is NCC1(C(=O)NCC2(O)CCC2)CCCCCC1. The van der Waals surface area contributed by atoms with E-state index in [0.717, 1.165) is 44.9 Å². The van der Waals surface area contributed by atoms with Gasteiger partial charge in [0.1, 0.15) is 0 Å². The molecule has 0 atom stereocenters. The van der Waals surface area contributed by atoms with Crippen LogP contribution in [0.3, 0.4) is 0 Å². The van der Waals surface area contributed by atoms with Crippen LogP contribution in [0.5, 0.6) is 0 Å². The minimum absolute atomic E-state index is 0.0622. The monoisotopic (exact) mass is 254 g/mol. The van der Waals surface area contributed by atoms with Gasteiger partial charge in [-0.2, -0.15) is 0 Å². The molecule has 0 aliphatic heterocycles. The van der Waals surface area contributed by atoms with Crippen LogP contribution >= 0.6 is 0 Å². The molecule has 0 saturated heterocycles. The molecule has 18 heavy (non-hydrogen) atoms. The van der Waals surface area contributed by atoms with Crippen molar-refractivity contribution in [2.75, 3.05) is 13.1 Å². The Morgan fingerprint density at radius 1 is 1.06 bits per heavy atom. The van der Waals surface area contributed by atoms with E-state index >= 15 is 0 Å². The Morgan fingerprint density at radius 3 is 2.11 bits per heavy atom. The van der Waals surface area contributed by atoms with Crippen LogP contribution in [-0.2, 0) is 4.79 Å². The lowest BCUT2D eigenvalue weighted by atomic mass is 9.77. The highest BCUT2D eigenvalue weighted by Crippen LogP contribution is 2.35. The zero-order valence-electron chi connectivity index (χ0n) is 11.2. The summed E-state index contributed by atoms with van der Waals surface area (Å²) in [5, 5.41) is 13.0. The molecule has 4 heteroatoms. The highest BCUT2D eigenvalue weighted by Gasteiger charge is 2.40. The molecule has 0 unspecified atom stereocenters. The third kappa shape index (κ3) is 2.86. The number of hydrogen-bond donors (Lipinski definition) is 3. The van der Waals surface area contributed by atoms with Gasteiger partial charge in [-0.3, -0.25) is 4.79 Å². The van der Waals surface area contributed by atoms with Gasteiger partial charge in [-0.05, 0) is 32.1 Å². The van der Waals surface area contributed by atoms with Gasteiger partial charge >= 0.3 is 0 Å². The Balaban J connectivity index is 1.91. The maximum Gasteiger partial charge on any atom is 0.227 e. The number of nitrogens with one attached hydrogen (secondary N) is 1. The predicted molar refractivity (Wildman–Crippen MR) is 71.0 cm³/mol. The quantitative estimate of drug-likeness (QED) is 0.662. The highest BCUT2D eigenvalue weighted by molar-refractivity contribution is 5.83. The van der Waals surface area contributed by atoms with Gasteiger partial charge in [0.15, 0.2) is 0 Å². The number of hydrogen-bond acceptors (Lipinski definition) is 3. The van der Waals surface area contributed by atoms with E-state index in [-0.39, 0.29) is 11.3 Å². The van der Waals surface area contributed by atoms with Crippen LogP contribution < -0.4 is 11.1 Å². The molecular weight excluding hydrogens is 228 g/mol. The normalized spacial score (nSPS) is 25.9. The number of nitrogens with two attached hydrogens (primary N) is 1. The smallest absolute Gasteiger partial charge is 0.227 e. The van der Waals surface area contributed by atoms with Crippen molar-refractivity contribution in [3.63, 3.8) is 0 Å². The molecule has 2 fully saturated rings. The van der Waals surface area contributed by atoms with Crippen molar-refractivity contribution in [3.05, 3.63) is 0 Å². The molecule has 0 spiro atoms. The third-order valence-electron chi connectivity index (χ3n) is 4.80. The number of rotatable bonds is 4. The molecule has 2 rings (SSSR count). The molecule has 1 amide bonds. The van der Waals surface area contributed by atoms with E-state index in [9.17, 15) is 9.90 Å². The second-order valence-electron chi connectivity index (χ2n) is 6.16. The summed E-state index contributed by atoms with van der Waals surface area (Å²) in [6.07, 6.45) is 9.07. The molecule has 4 N–H and O–H groups in total. The lowest BCUT2D eigenvalue weighted by molar-refractivity contribution is -0.133. The van der Waals surface area contributed by atoms with Gasteiger partial charge < -0.3 is 16.2 Å². The molecule has 104 valence electrons. The average Bonchev–Trinajstić information content (AvgIpc) is 2.59. The maximum atomic E-state index is 12.4. The fourth-order valence-electron chi connectivity index (χ4n) is 3.12. The minimum Gasteiger partial charge on any atom is -0.388 e. The van der Waals surface area contributed by atoms with Gasteiger partial charge in [-0.1, -0.05) is 25.7 Å². The van der Waals surface area contributed by atoms with Crippen LogP contribution in [0.4, 0.5) is 0 Å². The zero-order valence-corrected chi connectivity index (χ0v) is 11.2. The molecule has 2 saturated carbocycles. The van der Waals surface area contributed by atoms with Gasteiger partial charge in [-0.15, -0.1) is 0 Å². The number of aliphatic hydroxyl groups is 1. The zero-order chi connectivity index (χ0) is 13.1. The standard InChI is InChI=1S/C14H26N2O2/c15-10-13(6-3-1-2-4-7-13)12(17)16-11-14(18)8-5-9-14/h18H,1-11,15H2,(H,16,17). The van der Waals surface area contributed by atoms with Gasteiger partial charge in [0.2, 0.25) is 5.91 Å². The Labute approximate surface area is 109 Å². The van der Waals surface area contributed by atoms with Crippen LogP contribution in [-0.4, -0.2) is 29.7 Å². The Hall–Kier alpha value is -0.610. The van der Waals surface area contributed by atoms with E-state index in [1.54, 1.807) is 0 Å². The van der Waals surface area contributed by atoms with Gasteiger partial charge in [0.25, 0.3) is 0 Å². The number of carbonyl (C=O) groups is 1. The lowest BCUT2D eigenvalue weighted by Crippen LogP contribution is -2.53. The molecular formula is C14H26N2O2. The van der Waals surface area contributed by atoms with Crippen molar-refractivity contribution in [2.45, 2.75) is 63.4 Å². The van der Waals surface area contributed by atoms with Crippen LogP contribution in [0.15, 0.2) is 0 Å². The summed E-state index contributed by atoms with van der Waals surface area (Å²) in [5.41, 5.74) is 4.85. The van der Waals surface area contributed by atoms with E-state index in [2.05, 4.69) is 5.32 Å². The van der Waals surface area contributed by atoms with Crippen LogP contribution in [0.1, 0.15) is 57.8 Å². The average molecular weight is 254 g/mol. The molecule has 2 aliphatic carbocycles. The largest absolute Gasteiger partial charge is 0.388 e. The van der Waals surface area contributed by atoms with Crippen LogP contribution in [0, 0.1) is 5.41 Å². The second kappa shape index (κ2) is 5.57. The summed E-state index contributed by atoms with van der Waals surface area (Å²) in [7, 11) is 0. The number of carbonyl (C=O) groups excluding carboxylic acids is 1. The molecule has 0 aromatic rings. The van der Waals surface area contributed by atoms with Crippen molar-refractivity contribution in [1.29, 1.82) is 0 Å². The Morgan fingerprint density at radius 2 is 1.67 bits per heavy atom. The Bertz CT molecular complexity index is 292. The van der Waals surface area contributed by atoms with Crippen molar-refractivity contribution < 1.29 is 9.90 Å². The van der Waals surface area contributed by atoms with E-state index in [4.69, 9.17) is 5.73 Å². The van der Waals surface area contributed by atoms with Crippen LogP contribution in [0.25, 0.3) is 0 Å². The first-order valence-electron chi connectivity index (χ1n) is 7.31. The first-order valence-corrected chi connectivity index (χ1v) is 7.31. The van der Waals surface area contributed by atoms with E-state index in [1.165, 1.54) is 12.8 Å². The van der Waals surface area contributed by atoms with E-state index < -0.39 is 5.60 Å². The van der Waals surface area contributed by atoms with E-state index in [1.807, 2.05) is 0 Å². The summed E-state index contributed by atoms with van der Waals surface area (Å²) in [4.78, 5) is 12.4. The lowest BCUT2D eigenvalue weighted by Gasteiger charge is -2.38. The fourth-order valence-corrected chi connectivity index (χ4v) is 3.12. The summed E-state index contributed by atoms with van der Waals surface area (Å²) in [6, 6.07) is 0. The molecule has 2 aliphatic rings.